The maximum Gasteiger partial charge on any atom is 0.255 e. The number of pyridine rings is 1. The number of rotatable bonds is 3. The molecule has 1 N–H and O–H groups in total. The number of carbonyl (C=O) groups is 1. The minimum Gasteiger partial charge on any atom is -0.352 e. The SMILES string of the molecule is O=C(NCC1C2C3CC4C2C12C1CC5C3C54C12)c1cccnc1F. The molecule has 0 radical (unpaired) electrons. The highest BCUT2D eigenvalue weighted by Crippen LogP contribution is 3.09. The summed E-state index contributed by atoms with van der Waals surface area (Å²) < 4.78 is 13.7. The van der Waals surface area contributed by atoms with Crippen LogP contribution >= 0.6 is 0 Å². The largest absolute Gasteiger partial charge is 0.352 e. The summed E-state index contributed by atoms with van der Waals surface area (Å²) in [6.07, 6.45) is 4.40. The predicted molar refractivity (Wildman–Crippen MR) is 82.0 cm³/mol. The third-order valence-corrected chi connectivity index (χ3v) is 10.2. The number of carbonyl (C=O) groups excluding carboxylic acids is 1. The predicted octanol–water partition coefficient (Wildman–Crippen LogP) is 2.34. The average molecular weight is 322 g/mol. The average Bonchev–Trinajstić information content (AvgIpc) is 3.22. The number of nitrogens with one attached hydrogen (secondary N) is 1. The van der Waals surface area contributed by atoms with Gasteiger partial charge in [-0.15, -0.1) is 0 Å². The van der Waals surface area contributed by atoms with Gasteiger partial charge in [-0.3, -0.25) is 4.79 Å². The van der Waals surface area contributed by atoms with Gasteiger partial charge >= 0.3 is 0 Å². The Labute approximate surface area is 139 Å². The molecule has 1 aromatic rings. The van der Waals surface area contributed by atoms with Crippen molar-refractivity contribution in [3.8, 4) is 0 Å². The molecule has 1 aromatic heterocycles. The van der Waals surface area contributed by atoms with Gasteiger partial charge in [0, 0.05) is 12.7 Å². The van der Waals surface area contributed by atoms with Crippen LogP contribution in [0, 0.1) is 70.0 Å². The minimum absolute atomic E-state index is 0.0865. The molecule has 0 saturated heterocycles. The van der Waals surface area contributed by atoms with E-state index in [-0.39, 0.29) is 11.5 Å². The number of hydrogen-bond acceptors (Lipinski definition) is 2. The summed E-state index contributed by atoms with van der Waals surface area (Å²) in [4.78, 5) is 16.0. The highest BCUT2D eigenvalue weighted by molar-refractivity contribution is 5.94. The molecule has 1 heterocycles. The lowest BCUT2D eigenvalue weighted by Crippen LogP contribution is -2.55. The molecular formula is C20H19FN2O. The number of nitrogens with zero attached hydrogens (tertiary/aromatic N) is 1. The van der Waals surface area contributed by atoms with E-state index in [9.17, 15) is 9.18 Å². The van der Waals surface area contributed by atoms with Gasteiger partial charge in [0.2, 0.25) is 5.95 Å². The smallest absolute Gasteiger partial charge is 0.255 e. The van der Waals surface area contributed by atoms with Crippen LogP contribution in [-0.4, -0.2) is 17.4 Å². The summed E-state index contributed by atoms with van der Waals surface area (Å²) in [5.74, 6) is 7.88. The molecule has 7 saturated carbocycles. The van der Waals surface area contributed by atoms with Crippen molar-refractivity contribution >= 4 is 5.91 Å². The lowest BCUT2D eigenvalue weighted by Gasteiger charge is -2.55. The topological polar surface area (TPSA) is 42.0 Å². The van der Waals surface area contributed by atoms with E-state index in [0.717, 1.165) is 59.3 Å². The van der Waals surface area contributed by atoms with E-state index < -0.39 is 5.95 Å². The van der Waals surface area contributed by atoms with Crippen molar-refractivity contribution in [3.05, 3.63) is 29.8 Å². The molecule has 122 valence electrons. The molecule has 0 aliphatic heterocycles. The second-order valence-electron chi connectivity index (χ2n) is 9.72. The normalized spacial score (nSPS) is 63.1. The lowest BCUT2D eigenvalue weighted by molar-refractivity contribution is -0.0756. The first-order chi connectivity index (χ1) is 11.7. The highest BCUT2D eigenvalue weighted by Gasteiger charge is 3.06. The molecule has 3 nitrogen and oxygen atoms in total. The molecule has 1 amide bonds. The van der Waals surface area contributed by atoms with Crippen molar-refractivity contribution in [3.63, 3.8) is 0 Å². The first kappa shape index (κ1) is 12.0. The quantitative estimate of drug-likeness (QED) is 0.868. The van der Waals surface area contributed by atoms with Crippen LogP contribution in [0.5, 0.6) is 0 Å². The fourth-order valence-electron chi connectivity index (χ4n) is 10.5. The molecule has 11 atom stereocenters. The zero-order valence-corrected chi connectivity index (χ0v) is 13.3. The van der Waals surface area contributed by atoms with Gasteiger partial charge in [0.15, 0.2) is 0 Å². The van der Waals surface area contributed by atoms with E-state index in [1.54, 1.807) is 6.07 Å². The molecule has 4 heteroatoms. The summed E-state index contributed by atoms with van der Waals surface area (Å²) in [5, 5.41) is 3.07. The van der Waals surface area contributed by atoms with Gasteiger partial charge in [-0.05, 0) is 89.1 Å². The van der Waals surface area contributed by atoms with Crippen LogP contribution < -0.4 is 5.32 Å². The van der Waals surface area contributed by atoms with E-state index in [4.69, 9.17) is 0 Å². The molecule has 8 rings (SSSR count). The Morgan fingerprint density at radius 1 is 1.25 bits per heavy atom. The fraction of sp³-hybridized carbons (Fsp3) is 0.700. The Bertz CT molecular complexity index is 867. The van der Waals surface area contributed by atoms with E-state index in [1.165, 1.54) is 25.1 Å². The van der Waals surface area contributed by atoms with Gasteiger partial charge in [-0.2, -0.15) is 4.39 Å². The number of fused-ring (bicyclic) bond motifs is 4. The molecule has 0 aromatic carbocycles. The Morgan fingerprint density at radius 2 is 2.12 bits per heavy atom. The second-order valence-corrected chi connectivity index (χ2v) is 9.72. The van der Waals surface area contributed by atoms with Crippen LogP contribution in [-0.2, 0) is 0 Å². The van der Waals surface area contributed by atoms with Crippen molar-refractivity contribution < 1.29 is 9.18 Å². The van der Waals surface area contributed by atoms with Crippen LogP contribution in [0.3, 0.4) is 0 Å². The summed E-state index contributed by atoms with van der Waals surface area (Å²) in [7, 11) is 0. The number of amides is 1. The summed E-state index contributed by atoms with van der Waals surface area (Å²) >= 11 is 0. The van der Waals surface area contributed by atoms with Crippen LogP contribution in [0.25, 0.3) is 0 Å². The van der Waals surface area contributed by atoms with E-state index in [1.807, 2.05) is 0 Å². The Balaban J connectivity index is 1.11. The van der Waals surface area contributed by atoms with Gasteiger partial charge in [0.05, 0.1) is 5.56 Å². The molecule has 2 spiro atoms. The highest BCUT2D eigenvalue weighted by atomic mass is 19.1. The van der Waals surface area contributed by atoms with Crippen molar-refractivity contribution in [2.45, 2.75) is 12.8 Å². The van der Waals surface area contributed by atoms with Gasteiger partial charge in [0.25, 0.3) is 5.91 Å². The molecule has 7 aliphatic rings. The molecule has 7 aliphatic carbocycles. The van der Waals surface area contributed by atoms with Crippen molar-refractivity contribution in [1.29, 1.82) is 0 Å². The zero-order chi connectivity index (χ0) is 15.6. The minimum atomic E-state index is -0.657. The van der Waals surface area contributed by atoms with Gasteiger partial charge in [-0.25, -0.2) is 4.98 Å². The maximum absolute atomic E-state index is 13.7. The van der Waals surface area contributed by atoms with Crippen LogP contribution in [0.2, 0.25) is 0 Å². The Morgan fingerprint density at radius 3 is 3.00 bits per heavy atom. The van der Waals surface area contributed by atoms with Crippen molar-refractivity contribution in [2.75, 3.05) is 6.54 Å². The summed E-state index contributed by atoms with van der Waals surface area (Å²) in [6, 6.07) is 3.16. The maximum atomic E-state index is 13.7. The first-order valence-electron chi connectivity index (χ1n) is 9.62. The Hall–Kier alpha value is -1.45. The summed E-state index contributed by atoms with van der Waals surface area (Å²) in [5.41, 5.74) is 1.51. The standard InChI is InChI=1S/C20H19FN2O/c21-17-7(2-1-3-22-17)18(24)23-6-12-13-8-4-9-15(13)20(12)11-5-10-14(8)19(9,10)16(11)20/h1-3,8-16H,4-6H2,(H,23,24). The van der Waals surface area contributed by atoms with Crippen molar-refractivity contribution in [1.82, 2.24) is 10.3 Å². The molecule has 2 bridgehead atoms. The number of halogens is 1. The third-order valence-electron chi connectivity index (χ3n) is 10.2. The van der Waals surface area contributed by atoms with Gasteiger partial charge < -0.3 is 5.32 Å². The fourth-order valence-corrected chi connectivity index (χ4v) is 10.5. The van der Waals surface area contributed by atoms with Crippen molar-refractivity contribution in [2.24, 2.45) is 64.1 Å². The van der Waals surface area contributed by atoms with E-state index >= 15 is 0 Å². The Kier molecular flexibility index (Phi) is 1.53. The van der Waals surface area contributed by atoms with Crippen LogP contribution in [0.1, 0.15) is 23.2 Å². The number of aromatic nitrogens is 1. The van der Waals surface area contributed by atoms with E-state index in [0.29, 0.717) is 11.3 Å². The molecular weight excluding hydrogens is 303 g/mol. The van der Waals surface area contributed by atoms with E-state index in [2.05, 4.69) is 10.3 Å². The van der Waals surface area contributed by atoms with Gasteiger partial charge in [0.1, 0.15) is 0 Å². The second kappa shape index (κ2) is 3.06. The number of hydrogen-bond donors (Lipinski definition) is 1. The van der Waals surface area contributed by atoms with Crippen LogP contribution in [0.15, 0.2) is 18.3 Å². The molecule has 11 unspecified atom stereocenters. The first-order valence-corrected chi connectivity index (χ1v) is 9.62. The summed E-state index contributed by atoms with van der Waals surface area (Å²) in [6.45, 7) is 0.762. The van der Waals surface area contributed by atoms with Gasteiger partial charge in [-0.1, -0.05) is 0 Å². The lowest BCUT2D eigenvalue weighted by atomic mass is 9.50. The monoisotopic (exact) mass is 322 g/mol. The molecule has 24 heavy (non-hydrogen) atoms. The van der Waals surface area contributed by atoms with Crippen LogP contribution in [0.4, 0.5) is 4.39 Å². The zero-order valence-electron chi connectivity index (χ0n) is 13.3. The molecule has 7 fully saturated rings. The third kappa shape index (κ3) is 0.809.